The zero-order valence-electron chi connectivity index (χ0n) is 9.45. The lowest BCUT2D eigenvalue weighted by molar-refractivity contribution is -0.119. The van der Waals surface area contributed by atoms with Crippen LogP contribution in [0.3, 0.4) is 0 Å². The summed E-state index contributed by atoms with van der Waals surface area (Å²) in [6, 6.07) is 5.32. The van der Waals surface area contributed by atoms with E-state index in [2.05, 4.69) is 0 Å². The number of primary amides is 1. The monoisotopic (exact) mass is 217 g/mol. The van der Waals surface area contributed by atoms with Gasteiger partial charge in [-0.3, -0.25) is 4.79 Å². The molecule has 84 valence electrons. The van der Waals surface area contributed by atoms with Crippen molar-refractivity contribution in [1.29, 1.82) is 5.26 Å². The number of nitrogens with zero attached hydrogens (tertiary/aromatic N) is 1. The Bertz CT molecular complexity index is 437. The van der Waals surface area contributed by atoms with Crippen LogP contribution in [0.5, 0.6) is 0 Å². The highest BCUT2D eigenvalue weighted by molar-refractivity contribution is 5.84. The Morgan fingerprint density at radius 1 is 1.56 bits per heavy atom. The number of rotatable bonds is 3. The first-order valence-electron chi connectivity index (χ1n) is 5.10. The van der Waals surface area contributed by atoms with Crippen molar-refractivity contribution in [3.8, 4) is 6.07 Å². The Morgan fingerprint density at radius 3 is 2.56 bits per heavy atom. The minimum Gasteiger partial charge on any atom is -0.398 e. The molecule has 1 rings (SSSR count). The van der Waals surface area contributed by atoms with Gasteiger partial charge in [-0.05, 0) is 36.6 Å². The van der Waals surface area contributed by atoms with Crippen molar-refractivity contribution in [3.05, 3.63) is 28.8 Å². The van der Waals surface area contributed by atoms with E-state index in [1.54, 1.807) is 12.1 Å². The average molecular weight is 217 g/mol. The van der Waals surface area contributed by atoms with Gasteiger partial charge in [-0.25, -0.2) is 0 Å². The van der Waals surface area contributed by atoms with Crippen LogP contribution in [0.1, 0.15) is 36.0 Å². The number of amides is 1. The summed E-state index contributed by atoms with van der Waals surface area (Å²) in [5, 5.41) is 8.79. The van der Waals surface area contributed by atoms with E-state index in [1.807, 2.05) is 19.9 Å². The molecule has 4 N–H and O–H groups in total. The summed E-state index contributed by atoms with van der Waals surface area (Å²) in [5.74, 6) is -0.769. The largest absolute Gasteiger partial charge is 0.398 e. The van der Waals surface area contributed by atoms with Crippen LogP contribution < -0.4 is 11.5 Å². The van der Waals surface area contributed by atoms with Gasteiger partial charge in [0.05, 0.1) is 17.6 Å². The molecule has 0 spiro atoms. The van der Waals surface area contributed by atoms with Gasteiger partial charge in [0.15, 0.2) is 0 Å². The van der Waals surface area contributed by atoms with Crippen LogP contribution >= 0.6 is 0 Å². The Kier molecular flexibility index (Phi) is 3.51. The number of aryl methyl sites for hydroxylation is 1. The molecule has 1 atom stereocenters. The van der Waals surface area contributed by atoms with Crippen LogP contribution in [-0.4, -0.2) is 5.91 Å². The summed E-state index contributed by atoms with van der Waals surface area (Å²) < 4.78 is 0. The van der Waals surface area contributed by atoms with Gasteiger partial charge in [0.2, 0.25) is 5.91 Å². The third-order valence-electron chi connectivity index (χ3n) is 2.65. The van der Waals surface area contributed by atoms with Gasteiger partial charge in [-0.2, -0.15) is 5.26 Å². The molecule has 1 aromatic rings. The van der Waals surface area contributed by atoms with Gasteiger partial charge >= 0.3 is 0 Å². The molecule has 1 aromatic carbocycles. The predicted molar refractivity (Wildman–Crippen MR) is 62.5 cm³/mol. The molecule has 0 aromatic heterocycles. The average Bonchev–Trinajstić information content (AvgIpc) is 2.22. The van der Waals surface area contributed by atoms with Crippen molar-refractivity contribution in [2.75, 3.05) is 5.73 Å². The summed E-state index contributed by atoms with van der Waals surface area (Å²) in [5.41, 5.74) is 13.7. The molecule has 0 saturated heterocycles. The number of carbonyl (C=O) groups excluding carboxylic acids is 1. The van der Waals surface area contributed by atoms with E-state index in [9.17, 15) is 4.79 Å². The lowest BCUT2D eigenvalue weighted by Gasteiger charge is -2.17. The van der Waals surface area contributed by atoms with Crippen LogP contribution in [0.2, 0.25) is 0 Å². The van der Waals surface area contributed by atoms with Gasteiger partial charge in [0.25, 0.3) is 0 Å². The van der Waals surface area contributed by atoms with Gasteiger partial charge in [0, 0.05) is 5.69 Å². The standard InChI is InChI=1S/C12H15N3O/c1-3-9(12(15)16)11-7(2)4-8(6-13)5-10(11)14/h4-5,9H,3,14H2,1-2H3,(H2,15,16). The number of nitriles is 1. The van der Waals surface area contributed by atoms with E-state index in [0.29, 0.717) is 17.7 Å². The summed E-state index contributed by atoms with van der Waals surface area (Å²) in [6.07, 6.45) is 0.603. The van der Waals surface area contributed by atoms with Crippen LogP contribution in [0.25, 0.3) is 0 Å². The molecule has 16 heavy (non-hydrogen) atoms. The number of anilines is 1. The minimum absolute atomic E-state index is 0.382. The molecule has 0 aliphatic carbocycles. The number of hydrogen-bond acceptors (Lipinski definition) is 3. The van der Waals surface area contributed by atoms with Crippen molar-refractivity contribution >= 4 is 11.6 Å². The highest BCUT2D eigenvalue weighted by Gasteiger charge is 2.20. The fourth-order valence-electron chi connectivity index (χ4n) is 1.91. The lowest BCUT2D eigenvalue weighted by atomic mass is 9.89. The molecule has 0 heterocycles. The van der Waals surface area contributed by atoms with Gasteiger partial charge < -0.3 is 11.5 Å². The third-order valence-corrected chi connectivity index (χ3v) is 2.65. The summed E-state index contributed by atoms with van der Waals surface area (Å²) in [7, 11) is 0. The van der Waals surface area contributed by atoms with E-state index in [-0.39, 0.29) is 11.8 Å². The van der Waals surface area contributed by atoms with Crippen molar-refractivity contribution in [2.45, 2.75) is 26.2 Å². The fourth-order valence-corrected chi connectivity index (χ4v) is 1.91. The summed E-state index contributed by atoms with van der Waals surface area (Å²) in [4.78, 5) is 11.3. The van der Waals surface area contributed by atoms with Gasteiger partial charge in [-0.15, -0.1) is 0 Å². The number of carbonyl (C=O) groups is 1. The second-order valence-electron chi connectivity index (χ2n) is 3.77. The van der Waals surface area contributed by atoms with E-state index in [4.69, 9.17) is 16.7 Å². The van der Waals surface area contributed by atoms with Crippen LogP contribution in [0.15, 0.2) is 12.1 Å². The molecule has 4 nitrogen and oxygen atoms in total. The molecular weight excluding hydrogens is 202 g/mol. The molecule has 0 aliphatic heterocycles. The van der Waals surface area contributed by atoms with E-state index < -0.39 is 0 Å². The first-order valence-corrected chi connectivity index (χ1v) is 5.10. The topological polar surface area (TPSA) is 92.9 Å². The van der Waals surface area contributed by atoms with Crippen molar-refractivity contribution in [2.24, 2.45) is 5.73 Å². The summed E-state index contributed by atoms with van der Waals surface area (Å²) in [6.45, 7) is 3.71. The van der Waals surface area contributed by atoms with Crippen LogP contribution in [-0.2, 0) is 4.79 Å². The molecular formula is C12H15N3O. The quantitative estimate of drug-likeness (QED) is 0.750. The zero-order valence-corrected chi connectivity index (χ0v) is 9.45. The fraction of sp³-hybridized carbons (Fsp3) is 0.333. The zero-order chi connectivity index (χ0) is 12.3. The Hall–Kier alpha value is -2.02. The maximum Gasteiger partial charge on any atom is 0.225 e. The minimum atomic E-state index is -0.387. The number of nitrogen functional groups attached to an aromatic ring is 1. The van der Waals surface area contributed by atoms with E-state index >= 15 is 0 Å². The smallest absolute Gasteiger partial charge is 0.225 e. The number of hydrogen-bond donors (Lipinski definition) is 2. The second-order valence-corrected chi connectivity index (χ2v) is 3.77. The highest BCUT2D eigenvalue weighted by atomic mass is 16.1. The van der Waals surface area contributed by atoms with Crippen molar-refractivity contribution in [3.63, 3.8) is 0 Å². The van der Waals surface area contributed by atoms with Crippen molar-refractivity contribution in [1.82, 2.24) is 0 Å². The molecule has 0 aliphatic rings. The number of nitrogens with two attached hydrogens (primary N) is 2. The Labute approximate surface area is 94.9 Å². The van der Waals surface area contributed by atoms with Gasteiger partial charge in [0.1, 0.15) is 0 Å². The molecule has 1 amide bonds. The molecule has 1 unspecified atom stereocenters. The van der Waals surface area contributed by atoms with Crippen LogP contribution in [0.4, 0.5) is 5.69 Å². The van der Waals surface area contributed by atoms with Crippen LogP contribution in [0, 0.1) is 18.3 Å². The first kappa shape index (κ1) is 12.1. The molecule has 0 fully saturated rings. The summed E-state index contributed by atoms with van der Waals surface area (Å²) >= 11 is 0. The Morgan fingerprint density at radius 2 is 2.19 bits per heavy atom. The maximum atomic E-state index is 11.3. The molecule has 4 heteroatoms. The Balaban J connectivity index is 3.34. The van der Waals surface area contributed by atoms with E-state index in [0.717, 1.165) is 11.1 Å². The normalized spacial score (nSPS) is 11.8. The molecule has 0 radical (unpaired) electrons. The molecule has 0 bridgehead atoms. The van der Waals surface area contributed by atoms with Gasteiger partial charge in [-0.1, -0.05) is 6.92 Å². The maximum absolute atomic E-state index is 11.3. The third kappa shape index (κ3) is 2.14. The lowest BCUT2D eigenvalue weighted by Crippen LogP contribution is -2.22. The predicted octanol–water partition coefficient (Wildman–Crippen LogP) is 1.43. The number of benzene rings is 1. The van der Waals surface area contributed by atoms with Crippen molar-refractivity contribution < 1.29 is 4.79 Å². The van der Waals surface area contributed by atoms with E-state index in [1.165, 1.54) is 0 Å². The SMILES string of the molecule is CCC(C(N)=O)c1c(C)cc(C#N)cc1N. The highest BCUT2D eigenvalue weighted by Crippen LogP contribution is 2.29. The first-order chi connectivity index (χ1) is 7.51. The molecule has 0 saturated carbocycles. The second kappa shape index (κ2) is 4.67.